The number of ether oxygens (including phenoxy) is 1. The van der Waals surface area contributed by atoms with Crippen molar-refractivity contribution in [2.24, 2.45) is 0 Å². The Kier molecular flexibility index (Phi) is 6.30. The second kappa shape index (κ2) is 9.33. The molecule has 2 aromatic rings. The van der Waals surface area contributed by atoms with Gasteiger partial charge in [-0.3, -0.25) is 9.69 Å². The number of methoxy groups -OCH3 is 1. The highest BCUT2D eigenvalue weighted by molar-refractivity contribution is 7.99. The van der Waals surface area contributed by atoms with E-state index in [1.54, 1.807) is 7.11 Å². The number of nitrogens with zero attached hydrogens (tertiary/aromatic N) is 5. The topological polar surface area (TPSA) is 65.9 Å². The number of benzene rings is 1. The summed E-state index contributed by atoms with van der Waals surface area (Å²) in [6.07, 6.45) is 0.915. The van der Waals surface area contributed by atoms with Gasteiger partial charge in [0.1, 0.15) is 17.3 Å². The lowest BCUT2D eigenvalue weighted by molar-refractivity contribution is -0.131. The Balaban J connectivity index is 1.23. The predicted molar refractivity (Wildman–Crippen MR) is 128 cm³/mol. The van der Waals surface area contributed by atoms with Gasteiger partial charge in [0.05, 0.1) is 24.7 Å². The van der Waals surface area contributed by atoms with Crippen LogP contribution in [0, 0.1) is 6.92 Å². The summed E-state index contributed by atoms with van der Waals surface area (Å²) < 4.78 is 7.58. The SMILES string of the molecule is COc1ccccc1-n1nc(C)cc1N1CCN([C@@H]2CN[C@H](C(=O)N3CCSC3)C2)CC1. The van der Waals surface area contributed by atoms with E-state index < -0.39 is 0 Å². The van der Waals surface area contributed by atoms with Crippen LogP contribution in [0.25, 0.3) is 5.69 Å². The number of carbonyl (C=O) groups excluding carboxylic acids is 1. The molecule has 0 saturated carbocycles. The highest BCUT2D eigenvalue weighted by atomic mass is 32.2. The summed E-state index contributed by atoms with van der Waals surface area (Å²) >= 11 is 1.85. The van der Waals surface area contributed by atoms with Crippen LogP contribution in [-0.4, -0.2) is 95.6 Å². The molecule has 3 aliphatic heterocycles. The number of rotatable bonds is 5. The maximum absolute atomic E-state index is 12.7. The smallest absolute Gasteiger partial charge is 0.240 e. The molecule has 0 radical (unpaired) electrons. The van der Waals surface area contributed by atoms with E-state index in [2.05, 4.69) is 21.2 Å². The lowest BCUT2D eigenvalue weighted by Crippen LogP contribution is -2.51. The molecule has 8 nitrogen and oxygen atoms in total. The minimum Gasteiger partial charge on any atom is -0.494 e. The van der Waals surface area contributed by atoms with Crippen molar-refractivity contribution in [3.05, 3.63) is 36.0 Å². The summed E-state index contributed by atoms with van der Waals surface area (Å²) in [5, 5.41) is 8.24. The number of aryl methyl sites for hydroxylation is 1. The number of thioether (sulfide) groups is 1. The normalized spacial score (nSPS) is 24.3. The van der Waals surface area contributed by atoms with Crippen molar-refractivity contribution in [1.29, 1.82) is 0 Å². The van der Waals surface area contributed by atoms with Gasteiger partial charge in [0.15, 0.2) is 0 Å². The largest absolute Gasteiger partial charge is 0.494 e. The maximum atomic E-state index is 12.7. The van der Waals surface area contributed by atoms with E-state index in [0.717, 1.165) is 80.3 Å². The zero-order chi connectivity index (χ0) is 22.1. The minimum atomic E-state index is -0.0219. The molecule has 0 spiro atoms. The van der Waals surface area contributed by atoms with Crippen molar-refractivity contribution >= 4 is 23.5 Å². The summed E-state index contributed by atoms with van der Waals surface area (Å²) in [6.45, 7) is 7.69. The van der Waals surface area contributed by atoms with Gasteiger partial charge in [-0.1, -0.05) is 12.1 Å². The summed E-state index contributed by atoms with van der Waals surface area (Å²) in [6, 6.07) is 10.6. The first-order valence-electron chi connectivity index (χ1n) is 11.4. The quantitative estimate of drug-likeness (QED) is 0.733. The monoisotopic (exact) mass is 456 g/mol. The number of aromatic nitrogens is 2. The zero-order valence-electron chi connectivity index (χ0n) is 18.9. The minimum absolute atomic E-state index is 0.0219. The Morgan fingerprint density at radius 1 is 1.19 bits per heavy atom. The second-order valence-electron chi connectivity index (χ2n) is 8.74. The Labute approximate surface area is 193 Å². The van der Waals surface area contributed by atoms with Gasteiger partial charge in [0.25, 0.3) is 0 Å². The first kappa shape index (κ1) is 21.6. The van der Waals surface area contributed by atoms with E-state index in [-0.39, 0.29) is 11.9 Å². The summed E-state index contributed by atoms with van der Waals surface area (Å²) in [5.74, 6) is 4.12. The average Bonchev–Trinajstić information content (AvgIpc) is 3.59. The molecule has 4 heterocycles. The molecule has 0 bridgehead atoms. The molecule has 3 fully saturated rings. The lowest BCUT2D eigenvalue weighted by Gasteiger charge is -2.38. The number of hydrogen-bond donors (Lipinski definition) is 1. The van der Waals surface area contributed by atoms with Crippen molar-refractivity contribution in [2.45, 2.75) is 25.4 Å². The van der Waals surface area contributed by atoms with Crippen LogP contribution in [0.1, 0.15) is 12.1 Å². The van der Waals surface area contributed by atoms with Crippen molar-refractivity contribution in [3.8, 4) is 11.4 Å². The van der Waals surface area contributed by atoms with Crippen LogP contribution in [0.2, 0.25) is 0 Å². The van der Waals surface area contributed by atoms with E-state index in [1.807, 2.05) is 52.5 Å². The molecule has 1 N–H and O–H groups in total. The number of piperazine rings is 1. The molecule has 3 saturated heterocycles. The summed E-state index contributed by atoms with van der Waals surface area (Å²) in [7, 11) is 1.70. The van der Waals surface area contributed by atoms with Crippen LogP contribution in [0.5, 0.6) is 5.75 Å². The van der Waals surface area contributed by atoms with Crippen LogP contribution in [0.15, 0.2) is 30.3 Å². The zero-order valence-corrected chi connectivity index (χ0v) is 19.7. The van der Waals surface area contributed by atoms with Gasteiger partial charge in [-0.05, 0) is 25.5 Å². The Hall–Kier alpha value is -2.23. The molecule has 172 valence electrons. The Bertz CT molecular complexity index is 952. The van der Waals surface area contributed by atoms with Crippen LogP contribution in [0.3, 0.4) is 0 Å². The van der Waals surface area contributed by atoms with Crippen LogP contribution < -0.4 is 15.0 Å². The highest BCUT2D eigenvalue weighted by Gasteiger charge is 2.37. The Morgan fingerprint density at radius 2 is 2.00 bits per heavy atom. The lowest BCUT2D eigenvalue weighted by atomic mass is 10.1. The van der Waals surface area contributed by atoms with E-state index >= 15 is 0 Å². The molecule has 0 aliphatic carbocycles. The van der Waals surface area contributed by atoms with E-state index in [0.29, 0.717) is 6.04 Å². The van der Waals surface area contributed by atoms with Crippen molar-refractivity contribution in [2.75, 3.05) is 62.9 Å². The number of amides is 1. The van der Waals surface area contributed by atoms with E-state index in [1.165, 1.54) is 0 Å². The molecule has 0 unspecified atom stereocenters. The fourth-order valence-corrected chi connectivity index (χ4v) is 5.96. The number of nitrogens with one attached hydrogen (secondary N) is 1. The molecule has 1 aromatic heterocycles. The molecule has 5 rings (SSSR count). The molecular formula is C23H32N6O2S. The summed E-state index contributed by atoms with van der Waals surface area (Å²) in [5.41, 5.74) is 1.96. The molecule has 32 heavy (non-hydrogen) atoms. The van der Waals surface area contributed by atoms with Crippen molar-refractivity contribution < 1.29 is 9.53 Å². The van der Waals surface area contributed by atoms with Gasteiger partial charge in [-0.2, -0.15) is 5.10 Å². The first-order valence-corrected chi connectivity index (χ1v) is 12.6. The van der Waals surface area contributed by atoms with Gasteiger partial charge < -0.3 is 19.9 Å². The molecule has 1 aromatic carbocycles. The van der Waals surface area contributed by atoms with Gasteiger partial charge in [-0.25, -0.2) is 4.68 Å². The molecule has 2 atom stereocenters. The van der Waals surface area contributed by atoms with Crippen LogP contribution in [-0.2, 0) is 4.79 Å². The van der Waals surface area contributed by atoms with E-state index in [9.17, 15) is 4.79 Å². The number of para-hydroxylation sites is 2. The van der Waals surface area contributed by atoms with E-state index in [4.69, 9.17) is 9.84 Å². The fourth-order valence-electron chi connectivity index (χ4n) is 5.00. The fraction of sp³-hybridized carbons (Fsp3) is 0.565. The second-order valence-corrected chi connectivity index (χ2v) is 9.81. The molecular weight excluding hydrogens is 424 g/mol. The molecule has 9 heteroatoms. The molecule has 1 amide bonds. The van der Waals surface area contributed by atoms with Gasteiger partial charge in [-0.15, -0.1) is 11.8 Å². The predicted octanol–water partition coefficient (Wildman–Crippen LogP) is 1.57. The van der Waals surface area contributed by atoms with Crippen molar-refractivity contribution in [1.82, 2.24) is 24.9 Å². The number of hydrogen-bond acceptors (Lipinski definition) is 7. The third kappa shape index (κ3) is 4.21. The first-order chi connectivity index (χ1) is 15.6. The Morgan fingerprint density at radius 3 is 2.75 bits per heavy atom. The standard InChI is InChI=1S/C23H32N6O2S/c1-17-13-22(29(25-17)20-5-3-4-6-21(20)31-2)27-9-7-26(8-10-27)18-14-19(24-15-18)23(30)28-11-12-32-16-28/h3-6,13,18-19,24H,7-12,14-16H2,1-2H3/t18-,19-/m0/s1. The number of carbonyl (C=O) groups is 1. The molecule has 3 aliphatic rings. The van der Waals surface area contributed by atoms with Crippen LogP contribution >= 0.6 is 11.8 Å². The third-order valence-corrected chi connectivity index (χ3v) is 7.72. The number of anilines is 1. The highest BCUT2D eigenvalue weighted by Crippen LogP contribution is 2.29. The third-order valence-electron chi connectivity index (χ3n) is 6.75. The summed E-state index contributed by atoms with van der Waals surface area (Å²) in [4.78, 5) is 19.7. The van der Waals surface area contributed by atoms with Gasteiger partial charge in [0.2, 0.25) is 5.91 Å². The average molecular weight is 457 g/mol. The maximum Gasteiger partial charge on any atom is 0.240 e. The van der Waals surface area contributed by atoms with Gasteiger partial charge >= 0.3 is 0 Å². The van der Waals surface area contributed by atoms with Crippen LogP contribution in [0.4, 0.5) is 5.82 Å². The van der Waals surface area contributed by atoms with Crippen molar-refractivity contribution in [3.63, 3.8) is 0 Å². The van der Waals surface area contributed by atoms with Gasteiger partial charge in [0, 0.05) is 57.1 Å².